The molecule has 0 aliphatic carbocycles. The molecule has 0 saturated carbocycles. The van der Waals surface area contributed by atoms with Crippen LogP contribution in [0.4, 0.5) is 0 Å². The van der Waals surface area contributed by atoms with Gasteiger partial charge in [0.25, 0.3) is 0 Å². The molecule has 2 rings (SSSR count). The lowest BCUT2D eigenvalue weighted by Gasteiger charge is -2.29. The summed E-state index contributed by atoms with van der Waals surface area (Å²) in [6.07, 6.45) is 2.69. The Morgan fingerprint density at radius 3 is 2.61 bits per heavy atom. The molecule has 1 aliphatic heterocycles. The first-order chi connectivity index (χ1) is 8.65. The molecule has 0 atom stereocenters. The zero-order valence-electron chi connectivity index (χ0n) is 12.0. The highest BCUT2D eigenvalue weighted by molar-refractivity contribution is 5.30. The van der Waals surface area contributed by atoms with Crippen molar-refractivity contribution in [2.75, 3.05) is 26.7 Å². The maximum Gasteiger partial charge on any atom is 0.0208 e. The molecule has 2 nitrogen and oxygen atoms in total. The first-order valence-electron chi connectivity index (χ1n) is 7.10. The van der Waals surface area contributed by atoms with Crippen molar-refractivity contribution in [2.24, 2.45) is 5.92 Å². The van der Waals surface area contributed by atoms with Crippen molar-refractivity contribution in [2.45, 2.75) is 33.2 Å². The van der Waals surface area contributed by atoms with E-state index in [9.17, 15) is 0 Å². The molecule has 2 heteroatoms. The first-order valence-corrected chi connectivity index (χ1v) is 7.10. The number of nitrogens with zero attached hydrogens (tertiary/aromatic N) is 1. The Morgan fingerprint density at radius 2 is 1.94 bits per heavy atom. The Bertz CT molecular complexity index is 379. The fraction of sp³-hybridized carbons (Fsp3) is 0.625. The SMILES string of the molecule is Cc1ccc(CNCC2CCN(C)CC2)c(C)c1. The molecular formula is C16H26N2. The molecule has 1 fully saturated rings. The number of hydrogen-bond donors (Lipinski definition) is 1. The van der Waals surface area contributed by atoms with E-state index in [2.05, 4.69) is 49.3 Å². The van der Waals surface area contributed by atoms with Crippen molar-refractivity contribution in [3.05, 3.63) is 34.9 Å². The van der Waals surface area contributed by atoms with E-state index < -0.39 is 0 Å². The fourth-order valence-corrected chi connectivity index (χ4v) is 2.72. The molecule has 0 radical (unpaired) electrons. The number of piperidine rings is 1. The molecule has 1 aromatic carbocycles. The van der Waals surface area contributed by atoms with E-state index in [1.54, 1.807) is 0 Å². The summed E-state index contributed by atoms with van der Waals surface area (Å²) < 4.78 is 0. The molecule has 1 saturated heterocycles. The van der Waals surface area contributed by atoms with Crippen molar-refractivity contribution in [1.29, 1.82) is 0 Å². The van der Waals surface area contributed by atoms with Crippen LogP contribution in [0, 0.1) is 19.8 Å². The van der Waals surface area contributed by atoms with Gasteiger partial charge in [0.05, 0.1) is 0 Å². The summed E-state index contributed by atoms with van der Waals surface area (Å²) in [7, 11) is 2.22. The summed E-state index contributed by atoms with van der Waals surface area (Å²) in [4.78, 5) is 2.43. The lowest BCUT2D eigenvalue weighted by atomic mass is 9.97. The van der Waals surface area contributed by atoms with E-state index in [1.807, 2.05) is 0 Å². The third-order valence-electron chi connectivity index (χ3n) is 4.08. The Morgan fingerprint density at radius 1 is 1.22 bits per heavy atom. The molecule has 0 aromatic heterocycles. The maximum atomic E-state index is 3.63. The topological polar surface area (TPSA) is 15.3 Å². The van der Waals surface area contributed by atoms with Crippen LogP contribution in [-0.2, 0) is 6.54 Å². The van der Waals surface area contributed by atoms with Crippen LogP contribution in [-0.4, -0.2) is 31.6 Å². The van der Waals surface area contributed by atoms with Crippen molar-refractivity contribution in [3.63, 3.8) is 0 Å². The lowest BCUT2D eigenvalue weighted by molar-refractivity contribution is 0.216. The Hall–Kier alpha value is -0.860. The van der Waals surface area contributed by atoms with Crippen molar-refractivity contribution in [3.8, 4) is 0 Å². The van der Waals surface area contributed by atoms with Crippen LogP contribution in [0.5, 0.6) is 0 Å². The lowest BCUT2D eigenvalue weighted by Crippen LogP contribution is -2.34. The summed E-state index contributed by atoms with van der Waals surface area (Å²) in [6, 6.07) is 6.73. The average Bonchev–Trinajstić information content (AvgIpc) is 2.34. The molecule has 1 N–H and O–H groups in total. The molecule has 0 bridgehead atoms. The highest BCUT2D eigenvalue weighted by Crippen LogP contribution is 2.15. The Balaban J connectivity index is 1.75. The summed E-state index contributed by atoms with van der Waals surface area (Å²) in [5, 5.41) is 3.63. The van der Waals surface area contributed by atoms with Crippen molar-refractivity contribution >= 4 is 0 Å². The number of hydrogen-bond acceptors (Lipinski definition) is 2. The minimum absolute atomic E-state index is 0.868. The largest absolute Gasteiger partial charge is 0.312 e. The summed E-state index contributed by atoms with van der Waals surface area (Å²) >= 11 is 0. The van der Waals surface area contributed by atoms with Crippen molar-refractivity contribution < 1.29 is 0 Å². The molecule has 0 unspecified atom stereocenters. The van der Waals surface area contributed by atoms with Gasteiger partial charge in [-0.15, -0.1) is 0 Å². The van der Waals surface area contributed by atoms with Gasteiger partial charge in [-0.05, 0) is 70.4 Å². The number of rotatable bonds is 4. The van der Waals surface area contributed by atoms with Gasteiger partial charge in [-0.1, -0.05) is 23.8 Å². The first kappa shape index (κ1) is 13.6. The van der Waals surface area contributed by atoms with Gasteiger partial charge in [-0.25, -0.2) is 0 Å². The molecule has 18 heavy (non-hydrogen) atoms. The third-order valence-corrected chi connectivity index (χ3v) is 4.08. The average molecular weight is 246 g/mol. The highest BCUT2D eigenvalue weighted by atomic mass is 15.1. The van der Waals surface area contributed by atoms with Crippen LogP contribution in [0.2, 0.25) is 0 Å². The van der Waals surface area contributed by atoms with E-state index in [1.165, 1.54) is 49.2 Å². The second-order valence-corrected chi connectivity index (χ2v) is 5.81. The zero-order chi connectivity index (χ0) is 13.0. The van der Waals surface area contributed by atoms with Crippen LogP contribution in [0.15, 0.2) is 18.2 Å². The quantitative estimate of drug-likeness (QED) is 0.879. The highest BCUT2D eigenvalue weighted by Gasteiger charge is 2.15. The molecule has 0 spiro atoms. The standard InChI is InChI=1S/C16H26N2/c1-13-4-5-16(14(2)10-13)12-17-11-15-6-8-18(3)9-7-15/h4-5,10,15,17H,6-9,11-12H2,1-3H3. The Labute approximate surface area is 111 Å². The molecule has 100 valence electrons. The number of benzene rings is 1. The van der Waals surface area contributed by atoms with Gasteiger partial charge in [0.1, 0.15) is 0 Å². The van der Waals surface area contributed by atoms with E-state index in [-0.39, 0.29) is 0 Å². The van der Waals surface area contributed by atoms with Gasteiger partial charge in [-0.3, -0.25) is 0 Å². The van der Waals surface area contributed by atoms with Crippen LogP contribution in [0.3, 0.4) is 0 Å². The molecule has 1 aliphatic rings. The monoisotopic (exact) mass is 246 g/mol. The molecule has 1 aromatic rings. The number of nitrogens with one attached hydrogen (secondary N) is 1. The molecule has 0 amide bonds. The van der Waals surface area contributed by atoms with Gasteiger partial charge in [-0.2, -0.15) is 0 Å². The smallest absolute Gasteiger partial charge is 0.0208 e. The van der Waals surface area contributed by atoms with Gasteiger partial charge in [0.15, 0.2) is 0 Å². The van der Waals surface area contributed by atoms with Crippen LogP contribution in [0.1, 0.15) is 29.5 Å². The fourth-order valence-electron chi connectivity index (χ4n) is 2.72. The third kappa shape index (κ3) is 3.82. The van der Waals surface area contributed by atoms with E-state index >= 15 is 0 Å². The summed E-state index contributed by atoms with van der Waals surface area (Å²) in [5.74, 6) is 0.868. The van der Waals surface area contributed by atoms with Crippen LogP contribution >= 0.6 is 0 Å². The van der Waals surface area contributed by atoms with E-state index in [0.717, 1.165) is 12.5 Å². The predicted octanol–water partition coefficient (Wildman–Crippen LogP) is 2.73. The second-order valence-electron chi connectivity index (χ2n) is 5.81. The molecular weight excluding hydrogens is 220 g/mol. The van der Waals surface area contributed by atoms with Gasteiger partial charge in [0.2, 0.25) is 0 Å². The normalized spacial score (nSPS) is 18.2. The van der Waals surface area contributed by atoms with E-state index in [0.29, 0.717) is 0 Å². The minimum Gasteiger partial charge on any atom is -0.312 e. The minimum atomic E-state index is 0.868. The maximum absolute atomic E-state index is 3.63. The zero-order valence-corrected chi connectivity index (χ0v) is 12.0. The second kappa shape index (κ2) is 6.35. The molecule has 1 heterocycles. The van der Waals surface area contributed by atoms with Gasteiger partial charge < -0.3 is 10.2 Å². The summed E-state index contributed by atoms with van der Waals surface area (Å²) in [6.45, 7) is 9.06. The number of aryl methyl sites for hydroxylation is 2. The van der Waals surface area contributed by atoms with Crippen LogP contribution < -0.4 is 5.32 Å². The Kier molecular flexibility index (Phi) is 4.79. The summed E-state index contributed by atoms with van der Waals surface area (Å²) in [5.41, 5.74) is 4.20. The predicted molar refractivity (Wildman–Crippen MR) is 77.8 cm³/mol. The van der Waals surface area contributed by atoms with Gasteiger partial charge in [0, 0.05) is 6.54 Å². The number of likely N-dealkylation sites (tertiary alicyclic amines) is 1. The van der Waals surface area contributed by atoms with Crippen molar-refractivity contribution in [1.82, 2.24) is 10.2 Å². The van der Waals surface area contributed by atoms with Gasteiger partial charge >= 0.3 is 0 Å². The van der Waals surface area contributed by atoms with E-state index in [4.69, 9.17) is 0 Å². The van der Waals surface area contributed by atoms with Crippen LogP contribution in [0.25, 0.3) is 0 Å².